The number of anilines is 1. The molecule has 0 fully saturated rings. The number of benzene rings is 2. The summed E-state index contributed by atoms with van der Waals surface area (Å²) in [6.07, 6.45) is 3.22. The van der Waals surface area contributed by atoms with E-state index in [1.807, 2.05) is 22.2 Å². The fourth-order valence-electron chi connectivity index (χ4n) is 4.07. The lowest BCUT2D eigenvalue weighted by Gasteiger charge is -2.30. The molecule has 0 aliphatic carbocycles. The molecule has 4 aromatic rings. The van der Waals surface area contributed by atoms with Crippen LogP contribution in [0.1, 0.15) is 17.4 Å². The number of nitrogens with zero attached hydrogens (tertiary/aromatic N) is 2. The maximum absolute atomic E-state index is 12.8. The van der Waals surface area contributed by atoms with Gasteiger partial charge in [0.15, 0.2) is 0 Å². The molecule has 3 heterocycles. The molecular weight excluding hydrogens is 511 g/mol. The molecule has 0 saturated heterocycles. The number of rotatable bonds is 6. The second-order valence-electron chi connectivity index (χ2n) is 8.21. The van der Waals surface area contributed by atoms with Crippen molar-refractivity contribution in [2.45, 2.75) is 18.0 Å². The zero-order valence-electron chi connectivity index (χ0n) is 18.6. The van der Waals surface area contributed by atoms with E-state index in [-0.39, 0.29) is 18.2 Å². The Hall–Kier alpha value is -3.28. The van der Waals surface area contributed by atoms with Gasteiger partial charge in [-0.25, -0.2) is 9.19 Å². The molecule has 3 atom stereocenters. The molecule has 2 aromatic heterocycles. The van der Waals surface area contributed by atoms with Crippen molar-refractivity contribution >= 4 is 28.0 Å². The minimum atomic E-state index is -4.89. The normalized spacial score (nSPS) is 18.2. The summed E-state index contributed by atoms with van der Waals surface area (Å²) in [6, 6.07) is 15.2. The number of aromatic nitrogens is 2. The summed E-state index contributed by atoms with van der Waals surface area (Å²) in [5.41, 5.74) is -1.46. The number of thiazole rings is 1. The number of fused-ring (bicyclic) bond motifs is 1. The Morgan fingerprint density at radius 2 is 1.92 bits per heavy atom. The van der Waals surface area contributed by atoms with Gasteiger partial charge in [-0.2, -0.15) is 13.2 Å². The number of aliphatic hydroxyl groups excluding tert-OH is 1. The SMILES string of the molecule is O=S(Nc1ccccc1-c1ccc2c(c1)OCC(Cc1ccc(-c3nccs3)cn1)C2O)C(F)(F)F. The van der Waals surface area contributed by atoms with Gasteiger partial charge in [0.1, 0.15) is 10.8 Å². The third-order valence-corrected chi connectivity index (χ3v) is 7.51. The van der Waals surface area contributed by atoms with Crippen LogP contribution in [0.3, 0.4) is 0 Å². The molecule has 0 radical (unpaired) electrons. The standard InChI is InChI=1S/C25H20F3N3O3S2/c26-25(27,28)36(33)31-21-4-2-1-3-19(21)15-6-8-20-22(12-15)34-14-17(23(20)32)11-18-7-5-16(13-30-18)24-29-9-10-35-24/h1-10,12-13,17,23,31-32H,11,14H2. The molecule has 5 rings (SSSR count). The number of halogens is 3. The van der Waals surface area contributed by atoms with E-state index < -0.39 is 22.6 Å². The number of para-hydroxylation sites is 1. The van der Waals surface area contributed by atoms with Gasteiger partial charge in [0, 0.05) is 46.1 Å². The van der Waals surface area contributed by atoms with Crippen molar-refractivity contribution in [1.82, 2.24) is 9.97 Å². The molecular formula is C25H20F3N3O3S2. The lowest BCUT2D eigenvalue weighted by Crippen LogP contribution is -2.28. The first-order chi connectivity index (χ1) is 17.3. The van der Waals surface area contributed by atoms with E-state index >= 15 is 0 Å². The molecule has 186 valence electrons. The lowest BCUT2D eigenvalue weighted by atomic mass is 9.88. The van der Waals surface area contributed by atoms with Gasteiger partial charge < -0.3 is 9.84 Å². The molecule has 1 aliphatic rings. The van der Waals surface area contributed by atoms with E-state index in [0.717, 1.165) is 16.3 Å². The highest BCUT2D eigenvalue weighted by Gasteiger charge is 2.38. The third kappa shape index (κ3) is 5.13. The highest BCUT2D eigenvalue weighted by molar-refractivity contribution is 7.87. The van der Waals surface area contributed by atoms with Crippen LogP contribution in [0.15, 0.2) is 72.4 Å². The number of alkyl halides is 3. The first-order valence-electron chi connectivity index (χ1n) is 10.9. The summed E-state index contributed by atoms with van der Waals surface area (Å²) < 4.78 is 57.9. The summed E-state index contributed by atoms with van der Waals surface area (Å²) in [5.74, 6) is 0.236. The third-order valence-electron chi connectivity index (χ3n) is 5.86. The average molecular weight is 532 g/mol. The quantitative estimate of drug-likeness (QED) is 0.331. The van der Waals surface area contributed by atoms with Crippen molar-refractivity contribution in [3.05, 3.63) is 83.6 Å². The van der Waals surface area contributed by atoms with Crippen LogP contribution in [-0.4, -0.2) is 31.4 Å². The Balaban J connectivity index is 1.33. The van der Waals surface area contributed by atoms with Gasteiger partial charge in [-0.15, -0.1) is 11.3 Å². The van der Waals surface area contributed by atoms with Gasteiger partial charge in [-0.05, 0) is 36.2 Å². The number of hydrogen-bond acceptors (Lipinski definition) is 6. The molecule has 11 heteroatoms. The maximum Gasteiger partial charge on any atom is 0.490 e. The zero-order valence-corrected chi connectivity index (χ0v) is 20.2. The topological polar surface area (TPSA) is 84.3 Å². The van der Waals surface area contributed by atoms with Crippen molar-refractivity contribution < 1.29 is 27.2 Å². The van der Waals surface area contributed by atoms with E-state index in [1.54, 1.807) is 48.8 Å². The van der Waals surface area contributed by atoms with Gasteiger partial charge >= 0.3 is 5.51 Å². The molecule has 0 spiro atoms. The average Bonchev–Trinajstić information content (AvgIpc) is 3.41. The summed E-state index contributed by atoms with van der Waals surface area (Å²) in [4.78, 5) is 8.79. The van der Waals surface area contributed by atoms with Crippen molar-refractivity contribution in [2.75, 3.05) is 11.3 Å². The number of nitrogens with one attached hydrogen (secondary N) is 1. The van der Waals surface area contributed by atoms with E-state index in [4.69, 9.17) is 4.74 Å². The van der Waals surface area contributed by atoms with Gasteiger partial charge in [0.2, 0.25) is 11.0 Å². The minimum absolute atomic E-state index is 0.0783. The Bertz CT molecular complexity index is 1380. The van der Waals surface area contributed by atoms with Crippen LogP contribution < -0.4 is 9.46 Å². The fourth-order valence-corrected chi connectivity index (χ4v) is 5.19. The van der Waals surface area contributed by atoms with Gasteiger partial charge in [0.25, 0.3) is 0 Å². The minimum Gasteiger partial charge on any atom is -0.493 e. The number of aliphatic hydroxyl groups is 1. The van der Waals surface area contributed by atoms with E-state index in [1.165, 1.54) is 17.4 Å². The van der Waals surface area contributed by atoms with Crippen molar-refractivity contribution in [2.24, 2.45) is 5.92 Å². The molecule has 2 N–H and O–H groups in total. The first-order valence-corrected chi connectivity index (χ1v) is 13.0. The van der Waals surface area contributed by atoms with E-state index in [2.05, 4.69) is 9.97 Å². The van der Waals surface area contributed by atoms with Gasteiger partial charge in [-0.1, -0.05) is 30.3 Å². The summed E-state index contributed by atoms with van der Waals surface area (Å²) in [5, 5.41) is 13.8. The van der Waals surface area contributed by atoms with Crippen molar-refractivity contribution in [1.29, 1.82) is 0 Å². The molecule has 6 nitrogen and oxygen atoms in total. The summed E-state index contributed by atoms with van der Waals surface area (Å²) in [7, 11) is -3.24. The van der Waals surface area contributed by atoms with Crippen LogP contribution >= 0.6 is 11.3 Å². The van der Waals surface area contributed by atoms with Crippen LogP contribution in [0.25, 0.3) is 21.7 Å². The first kappa shape index (κ1) is 24.4. The summed E-state index contributed by atoms with van der Waals surface area (Å²) in [6.45, 7) is 0.255. The highest BCUT2D eigenvalue weighted by Crippen LogP contribution is 2.40. The van der Waals surface area contributed by atoms with Gasteiger partial charge in [0.05, 0.1) is 18.4 Å². The Kier molecular flexibility index (Phi) is 6.78. The molecule has 36 heavy (non-hydrogen) atoms. The summed E-state index contributed by atoms with van der Waals surface area (Å²) >= 11 is 1.53. The largest absolute Gasteiger partial charge is 0.493 e. The van der Waals surface area contributed by atoms with Gasteiger partial charge in [-0.3, -0.25) is 9.71 Å². The van der Waals surface area contributed by atoms with Crippen molar-refractivity contribution in [3.8, 4) is 27.4 Å². The fraction of sp³-hybridized carbons (Fsp3) is 0.200. The molecule has 3 unspecified atom stereocenters. The van der Waals surface area contributed by atoms with Crippen LogP contribution in [0, 0.1) is 5.92 Å². The highest BCUT2D eigenvalue weighted by atomic mass is 32.2. The van der Waals surface area contributed by atoms with Crippen LogP contribution in [0.5, 0.6) is 5.75 Å². The van der Waals surface area contributed by atoms with E-state index in [0.29, 0.717) is 28.9 Å². The molecule has 0 bridgehead atoms. The van der Waals surface area contributed by atoms with Crippen LogP contribution in [0.4, 0.5) is 18.9 Å². The number of ether oxygens (including phenoxy) is 1. The maximum atomic E-state index is 12.8. The second-order valence-corrected chi connectivity index (χ2v) is 10.3. The monoisotopic (exact) mass is 531 g/mol. The number of hydrogen-bond donors (Lipinski definition) is 2. The lowest BCUT2D eigenvalue weighted by molar-refractivity contribution is -0.0379. The van der Waals surface area contributed by atoms with Crippen molar-refractivity contribution in [3.63, 3.8) is 0 Å². The Morgan fingerprint density at radius 3 is 2.64 bits per heavy atom. The molecule has 0 amide bonds. The van der Waals surface area contributed by atoms with E-state index in [9.17, 15) is 22.5 Å². The van der Waals surface area contributed by atoms with Crippen LogP contribution in [0.2, 0.25) is 0 Å². The second kappa shape index (κ2) is 10.00. The zero-order chi connectivity index (χ0) is 25.3. The van der Waals surface area contributed by atoms with Crippen LogP contribution in [-0.2, 0) is 17.4 Å². The molecule has 2 aromatic carbocycles. The Labute approximate surface area is 211 Å². The smallest absolute Gasteiger partial charge is 0.490 e. The predicted octanol–water partition coefficient (Wildman–Crippen LogP) is 5.75. The Morgan fingerprint density at radius 1 is 1.11 bits per heavy atom. The number of pyridine rings is 1. The molecule has 0 saturated carbocycles. The molecule has 1 aliphatic heterocycles. The predicted molar refractivity (Wildman–Crippen MR) is 133 cm³/mol.